The van der Waals surface area contributed by atoms with Gasteiger partial charge in [-0.2, -0.15) is 0 Å². The van der Waals surface area contributed by atoms with Gasteiger partial charge in [0.05, 0.1) is 12.3 Å². The lowest BCUT2D eigenvalue weighted by Crippen LogP contribution is -2.51. The lowest BCUT2D eigenvalue weighted by molar-refractivity contribution is -0.360. The highest BCUT2D eigenvalue weighted by atomic mass is 32.2. The van der Waals surface area contributed by atoms with E-state index in [-0.39, 0.29) is 0 Å². The minimum absolute atomic E-state index is 0.901. The minimum Gasteiger partial charge on any atom is -0.357 e. The summed E-state index contributed by atoms with van der Waals surface area (Å²) in [5, 5.41) is 9.34. The summed E-state index contributed by atoms with van der Waals surface area (Å²) in [4.78, 5) is 0. The van der Waals surface area contributed by atoms with Crippen LogP contribution in [0.1, 0.15) is 0 Å². The van der Waals surface area contributed by atoms with Crippen molar-refractivity contribution in [2.45, 2.75) is 5.16 Å². The van der Waals surface area contributed by atoms with Crippen LogP contribution in [0.2, 0.25) is 0 Å². The van der Waals surface area contributed by atoms with Gasteiger partial charge in [-0.3, -0.25) is 0 Å². The molecular weight excluding hydrogens is 220 g/mol. The Hall–Kier alpha value is -1.33. The van der Waals surface area contributed by atoms with Crippen LogP contribution >= 0.6 is 11.8 Å². The minimum atomic E-state index is 0.901. The van der Waals surface area contributed by atoms with Gasteiger partial charge in [0.1, 0.15) is 0 Å². The smallest absolute Gasteiger partial charge is 0.191 e. The molecule has 0 fully saturated rings. The average Bonchev–Trinajstić information content (AvgIpc) is 2.69. The molecule has 2 rings (SSSR count). The molecule has 2 aromatic rings. The molecule has 1 aromatic carbocycles. The van der Waals surface area contributed by atoms with Gasteiger partial charge in [0.25, 0.3) is 0 Å². The second-order valence-corrected chi connectivity index (χ2v) is 4.50. The second-order valence-electron chi connectivity index (χ2n) is 3.43. The average molecular weight is 235 g/mol. The molecule has 16 heavy (non-hydrogen) atoms. The molecule has 0 bridgehead atoms. The Bertz CT molecular complexity index is 452. The van der Waals surface area contributed by atoms with Crippen molar-refractivity contribution in [1.82, 2.24) is 14.8 Å². The molecule has 1 aromatic heterocycles. The predicted molar refractivity (Wildman–Crippen MR) is 64.9 cm³/mol. The van der Waals surface area contributed by atoms with Crippen molar-refractivity contribution in [3.05, 3.63) is 30.3 Å². The Kier molecular flexibility index (Phi) is 3.58. The molecule has 0 spiro atoms. The number of benzene rings is 1. The molecule has 0 aliphatic heterocycles. The first-order valence-corrected chi connectivity index (χ1v) is 6.18. The highest BCUT2D eigenvalue weighted by molar-refractivity contribution is 7.99. The lowest BCUT2D eigenvalue weighted by atomic mass is 10.2. The fourth-order valence-corrected chi connectivity index (χ4v) is 2.15. The van der Waals surface area contributed by atoms with Gasteiger partial charge in [-0.15, -0.1) is 10.2 Å². The van der Waals surface area contributed by atoms with E-state index in [2.05, 4.69) is 15.9 Å². The second kappa shape index (κ2) is 5.14. The van der Waals surface area contributed by atoms with E-state index in [1.165, 1.54) is 0 Å². The van der Waals surface area contributed by atoms with Crippen LogP contribution in [0.4, 0.5) is 0 Å². The number of quaternary nitrogens is 1. The van der Waals surface area contributed by atoms with Crippen molar-refractivity contribution in [2.75, 3.05) is 12.3 Å². The molecule has 3 N–H and O–H groups in total. The molecule has 0 saturated heterocycles. The fourth-order valence-electron chi connectivity index (χ4n) is 1.44. The van der Waals surface area contributed by atoms with Crippen molar-refractivity contribution in [3.63, 3.8) is 0 Å². The topological polar surface area (TPSA) is 58.4 Å². The monoisotopic (exact) mass is 235 g/mol. The third-order valence-corrected chi connectivity index (χ3v) is 3.35. The normalized spacial score (nSPS) is 10.6. The number of aromatic nitrogens is 3. The Morgan fingerprint density at radius 3 is 2.69 bits per heavy atom. The number of rotatable bonds is 4. The van der Waals surface area contributed by atoms with Crippen LogP contribution in [-0.2, 0) is 7.05 Å². The van der Waals surface area contributed by atoms with Crippen LogP contribution in [0.5, 0.6) is 0 Å². The largest absolute Gasteiger partial charge is 0.357 e. The van der Waals surface area contributed by atoms with E-state index in [1.54, 1.807) is 11.8 Å². The number of hydrogen-bond acceptors (Lipinski definition) is 3. The van der Waals surface area contributed by atoms with Gasteiger partial charge in [0.15, 0.2) is 11.0 Å². The lowest BCUT2D eigenvalue weighted by Gasteiger charge is -2.02. The number of hydrogen-bond donors (Lipinski definition) is 1. The Balaban J connectivity index is 2.27. The summed E-state index contributed by atoms with van der Waals surface area (Å²) in [5.74, 6) is 1.88. The van der Waals surface area contributed by atoms with Gasteiger partial charge in [0, 0.05) is 12.6 Å². The van der Waals surface area contributed by atoms with Gasteiger partial charge in [-0.05, 0) is 0 Å². The molecule has 0 unspecified atom stereocenters. The first kappa shape index (κ1) is 11.2. The van der Waals surface area contributed by atoms with E-state index >= 15 is 0 Å². The van der Waals surface area contributed by atoms with Crippen LogP contribution < -0.4 is 5.73 Å². The zero-order valence-electron chi connectivity index (χ0n) is 9.26. The van der Waals surface area contributed by atoms with Gasteiger partial charge < -0.3 is 10.3 Å². The maximum atomic E-state index is 4.21. The zero-order chi connectivity index (χ0) is 11.4. The molecule has 0 amide bonds. The SMILES string of the molecule is Cn1c(SCC[NH3+])nnc1-c1ccccc1. The first-order chi connectivity index (χ1) is 7.83. The highest BCUT2D eigenvalue weighted by Gasteiger charge is 2.10. The summed E-state index contributed by atoms with van der Waals surface area (Å²) in [6, 6.07) is 10.1. The summed E-state index contributed by atoms with van der Waals surface area (Å²) in [6.07, 6.45) is 0. The van der Waals surface area contributed by atoms with Crippen LogP contribution in [0.3, 0.4) is 0 Å². The Labute approximate surface area is 98.9 Å². The van der Waals surface area contributed by atoms with E-state index in [0.717, 1.165) is 28.8 Å². The van der Waals surface area contributed by atoms with Gasteiger partial charge in [-0.1, -0.05) is 42.1 Å². The van der Waals surface area contributed by atoms with Crippen molar-refractivity contribution >= 4 is 11.8 Å². The van der Waals surface area contributed by atoms with Gasteiger partial charge >= 0.3 is 0 Å². The quantitative estimate of drug-likeness (QED) is 0.798. The van der Waals surface area contributed by atoms with Crippen LogP contribution in [0.15, 0.2) is 35.5 Å². The molecule has 0 aliphatic rings. The Morgan fingerprint density at radius 1 is 1.25 bits per heavy atom. The maximum Gasteiger partial charge on any atom is 0.191 e. The third-order valence-electron chi connectivity index (χ3n) is 2.24. The summed E-state index contributed by atoms with van der Waals surface area (Å²) in [6.45, 7) is 0.901. The molecular formula is C11H15N4S+. The van der Waals surface area contributed by atoms with E-state index in [4.69, 9.17) is 0 Å². The molecule has 0 saturated carbocycles. The summed E-state index contributed by atoms with van der Waals surface area (Å²) < 4.78 is 2.02. The summed E-state index contributed by atoms with van der Waals surface area (Å²) in [5.41, 5.74) is 4.91. The van der Waals surface area contributed by atoms with Crippen molar-refractivity contribution in [1.29, 1.82) is 0 Å². The summed E-state index contributed by atoms with van der Waals surface area (Å²) in [7, 11) is 1.99. The zero-order valence-corrected chi connectivity index (χ0v) is 10.1. The van der Waals surface area contributed by atoms with E-state index in [9.17, 15) is 0 Å². The molecule has 4 nitrogen and oxygen atoms in total. The molecule has 0 radical (unpaired) electrons. The van der Waals surface area contributed by atoms with Crippen molar-refractivity contribution in [2.24, 2.45) is 7.05 Å². The van der Waals surface area contributed by atoms with Crippen LogP contribution in [-0.4, -0.2) is 27.1 Å². The van der Waals surface area contributed by atoms with Crippen LogP contribution in [0, 0.1) is 0 Å². The molecule has 1 heterocycles. The highest BCUT2D eigenvalue weighted by Crippen LogP contribution is 2.21. The Morgan fingerprint density at radius 2 is 2.00 bits per heavy atom. The predicted octanol–water partition coefficient (Wildman–Crippen LogP) is 0.816. The van der Waals surface area contributed by atoms with Crippen molar-refractivity contribution < 1.29 is 5.73 Å². The molecule has 0 aliphatic carbocycles. The maximum absolute atomic E-state index is 4.21. The standard InChI is InChI=1S/C11H14N4S/c1-15-10(9-5-3-2-4-6-9)13-14-11(15)16-8-7-12/h2-6H,7-8,12H2,1H3/p+1. The van der Waals surface area contributed by atoms with Gasteiger partial charge in [0.2, 0.25) is 0 Å². The molecule has 5 heteroatoms. The first-order valence-electron chi connectivity index (χ1n) is 5.20. The van der Waals surface area contributed by atoms with E-state index in [0.29, 0.717) is 0 Å². The van der Waals surface area contributed by atoms with E-state index in [1.807, 2.05) is 41.9 Å². The molecule has 84 valence electrons. The number of nitrogens with zero attached hydrogens (tertiary/aromatic N) is 3. The van der Waals surface area contributed by atoms with E-state index < -0.39 is 0 Å². The number of thioether (sulfide) groups is 1. The van der Waals surface area contributed by atoms with Crippen LogP contribution in [0.25, 0.3) is 11.4 Å². The fraction of sp³-hybridized carbons (Fsp3) is 0.273. The summed E-state index contributed by atoms with van der Waals surface area (Å²) >= 11 is 1.69. The van der Waals surface area contributed by atoms with Gasteiger partial charge in [-0.25, -0.2) is 0 Å². The third kappa shape index (κ3) is 2.25. The van der Waals surface area contributed by atoms with Crippen molar-refractivity contribution in [3.8, 4) is 11.4 Å². The molecule has 0 atom stereocenters.